The number of pyridine rings is 2. The third kappa shape index (κ3) is 6.39. The Labute approximate surface area is 243 Å². The van der Waals surface area contributed by atoms with E-state index in [9.17, 15) is 9.90 Å². The minimum absolute atomic E-state index is 0.153. The molecule has 10 heteroatoms. The summed E-state index contributed by atoms with van der Waals surface area (Å²) in [6.07, 6.45) is 7.02. The van der Waals surface area contributed by atoms with Crippen molar-refractivity contribution < 1.29 is 9.90 Å². The van der Waals surface area contributed by atoms with E-state index in [0.29, 0.717) is 23.0 Å². The fourth-order valence-electron chi connectivity index (χ4n) is 4.85. The average Bonchev–Trinajstić information content (AvgIpc) is 3.13. The van der Waals surface area contributed by atoms with E-state index in [1.165, 1.54) is 17.3 Å². The van der Waals surface area contributed by atoms with Crippen molar-refractivity contribution in [3.63, 3.8) is 0 Å². The number of halogens is 1. The normalized spacial score (nSPS) is 13.8. The molecule has 0 saturated heterocycles. The van der Waals surface area contributed by atoms with E-state index in [1.54, 1.807) is 11.0 Å². The zero-order valence-corrected chi connectivity index (χ0v) is 23.3. The van der Waals surface area contributed by atoms with Crippen molar-refractivity contribution >= 4 is 40.7 Å². The summed E-state index contributed by atoms with van der Waals surface area (Å²) in [7, 11) is 0. The van der Waals surface area contributed by atoms with Gasteiger partial charge in [-0.2, -0.15) is 0 Å². The lowest BCUT2D eigenvalue weighted by atomic mass is 9.96. The van der Waals surface area contributed by atoms with Crippen LogP contribution in [0.1, 0.15) is 44.2 Å². The quantitative estimate of drug-likeness (QED) is 0.181. The molecule has 1 unspecified atom stereocenters. The number of amides is 1. The molecular weight excluding hydrogens is 544 g/mol. The van der Waals surface area contributed by atoms with E-state index in [2.05, 4.69) is 50.4 Å². The zero-order valence-electron chi connectivity index (χ0n) is 21.7. The summed E-state index contributed by atoms with van der Waals surface area (Å²) in [5.74, 6) is 0.0470. The molecule has 0 spiro atoms. The number of fused-ring (bicyclic) bond motifs is 2. The van der Waals surface area contributed by atoms with E-state index in [1.807, 2.05) is 48.8 Å². The Bertz CT molecular complexity index is 1460. The van der Waals surface area contributed by atoms with Crippen LogP contribution in [0.5, 0.6) is 0 Å². The number of thiocarbonyl (C=S) groups is 1. The monoisotopic (exact) mass is 572 g/mol. The maximum absolute atomic E-state index is 13.2. The Balaban J connectivity index is 1.26. The number of anilines is 1. The van der Waals surface area contributed by atoms with Gasteiger partial charge in [-0.25, -0.2) is 4.98 Å². The van der Waals surface area contributed by atoms with Gasteiger partial charge in [-0.15, -0.1) is 0 Å². The third-order valence-corrected chi connectivity index (χ3v) is 7.33. The number of aliphatic hydroxyl groups is 1. The SMILES string of the molecule is O=C(c1cnc(NNC(=S)NC2c3ccccc3CCc3ccncc32)c(Cl)c1)N(CCO)Cc1ccccc1. The topological polar surface area (TPSA) is 102 Å². The van der Waals surface area contributed by atoms with Gasteiger partial charge < -0.3 is 15.3 Å². The van der Waals surface area contributed by atoms with E-state index >= 15 is 0 Å². The summed E-state index contributed by atoms with van der Waals surface area (Å²) in [5, 5.41) is 13.5. The molecule has 1 amide bonds. The van der Waals surface area contributed by atoms with Crippen molar-refractivity contribution in [2.75, 3.05) is 18.6 Å². The van der Waals surface area contributed by atoms with E-state index < -0.39 is 0 Å². The number of aliphatic hydroxyl groups excluding tert-OH is 1. The molecule has 4 aromatic rings. The molecule has 0 fully saturated rings. The molecule has 0 saturated carbocycles. The number of nitrogens with zero attached hydrogens (tertiary/aromatic N) is 3. The minimum atomic E-state index is -0.275. The molecule has 40 heavy (non-hydrogen) atoms. The van der Waals surface area contributed by atoms with Gasteiger partial charge in [0.25, 0.3) is 5.91 Å². The molecule has 1 aliphatic rings. The second-order valence-corrected chi connectivity index (χ2v) is 10.2. The van der Waals surface area contributed by atoms with Crippen LogP contribution in [0, 0.1) is 0 Å². The fraction of sp³-hybridized carbons (Fsp3) is 0.200. The van der Waals surface area contributed by atoms with Crippen LogP contribution >= 0.6 is 23.8 Å². The first kappa shape index (κ1) is 27.5. The molecule has 2 heterocycles. The van der Waals surface area contributed by atoms with Gasteiger partial charge in [0.05, 0.1) is 23.2 Å². The first-order valence-corrected chi connectivity index (χ1v) is 13.7. The number of hydrazine groups is 1. The highest BCUT2D eigenvalue weighted by molar-refractivity contribution is 7.80. The number of carbonyl (C=O) groups is 1. The van der Waals surface area contributed by atoms with Crippen molar-refractivity contribution in [1.82, 2.24) is 25.6 Å². The molecular formula is C30H29ClN6O2S. The Morgan fingerprint density at radius 3 is 2.55 bits per heavy atom. The van der Waals surface area contributed by atoms with Gasteiger partial charge in [-0.3, -0.25) is 20.6 Å². The fourth-order valence-corrected chi connectivity index (χ4v) is 5.23. The lowest BCUT2D eigenvalue weighted by Crippen LogP contribution is -2.41. The highest BCUT2D eigenvalue weighted by Crippen LogP contribution is 2.32. The molecule has 8 nitrogen and oxygen atoms in total. The van der Waals surface area contributed by atoms with Crippen molar-refractivity contribution in [3.05, 3.63) is 124 Å². The predicted octanol–water partition coefficient (Wildman–Crippen LogP) is 4.44. The van der Waals surface area contributed by atoms with Gasteiger partial charge in [0.1, 0.15) is 0 Å². The number of carbonyl (C=O) groups excluding carboxylic acids is 1. The van der Waals surface area contributed by atoms with Crippen molar-refractivity contribution in [1.29, 1.82) is 0 Å². The number of rotatable bonds is 8. The molecule has 0 aliphatic heterocycles. The van der Waals surface area contributed by atoms with Gasteiger partial charge in [-0.05, 0) is 59.4 Å². The first-order valence-electron chi connectivity index (χ1n) is 13.0. The maximum Gasteiger partial charge on any atom is 0.255 e. The summed E-state index contributed by atoms with van der Waals surface area (Å²) >= 11 is 12.1. The number of hydrogen-bond acceptors (Lipinski definition) is 6. The number of nitrogens with one attached hydrogen (secondary N) is 3. The van der Waals surface area contributed by atoms with Gasteiger partial charge in [-0.1, -0.05) is 66.2 Å². The average molecular weight is 573 g/mol. The van der Waals surface area contributed by atoms with Crippen LogP contribution in [0.4, 0.5) is 5.82 Å². The van der Waals surface area contributed by atoms with Crippen LogP contribution in [0.15, 0.2) is 85.3 Å². The van der Waals surface area contributed by atoms with Crippen LogP contribution in [0.2, 0.25) is 5.02 Å². The molecule has 204 valence electrons. The largest absolute Gasteiger partial charge is 0.395 e. The highest BCUT2D eigenvalue weighted by Gasteiger charge is 2.24. The van der Waals surface area contributed by atoms with Gasteiger partial charge >= 0.3 is 0 Å². The second kappa shape index (κ2) is 12.9. The smallest absolute Gasteiger partial charge is 0.255 e. The van der Waals surface area contributed by atoms with Crippen LogP contribution < -0.4 is 16.2 Å². The van der Waals surface area contributed by atoms with Crippen LogP contribution in [0.3, 0.4) is 0 Å². The molecule has 5 rings (SSSR count). The minimum Gasteiger partial charge on any atom is -0.395 e. The molecule has 1 atom stereocenters. The van der Waals surface area contributed by atoms with Crippen LogP contribution in [-0.4, -0.2) is 44.1 Å². The number of aryl methyl sites for hydroxylation is 2. The Morgan fingerprint density at radius 2 is 1.77 bits per heavy atom. The molecule has 1 aliphatic carbocycles. The number of aromatic nitrogens is 2. The van der Waals surface area contributed by atoms with Crippen molar-refractivity contribution in [2.24, 2.45) is 0 Å². The first-order chi connectivity index (χ1) is 19.5. The molecule has 2 aromatic heterocycles. The molecule has 0 radical (unpaired) electrons. The number of hydrogen-bond donors (Lipinski definition) is 4. The van der Waals surface area contributed by atoms with Gasteiger partial charge in [0.15, 0.2) is 10.9 Å². The van der Waals surface area contributed by atoms with E-state index in [0.717, 1.165) is 29.5 Å². The van der Waals surface area contributed by atoms with Crippen molar-refractivity contribution in [2.45, 2.75) is 25.4 Å². The van der Waals surface area contributed by atoms with Gasteiger partial charge in [0.2, 0.25) is 0 Å². The number of benzene rings is 2. The van der Waals surface area contributed by atoms with Crippen LogP contribution in [-0.2, 0) is 19.4 Å². The molecule has 4 N–H and O–H groups in total. The van der Waals surface area contributed by atoms with Crippen LogP contribution in [0.25, 0.3) is 0 Å². The Morgan fingerprint density at radius 1 is 1.02 bits per heavy atom. The second-order valence-electron chi connectivity index (χ2n) is 9.42. The Kier molecular flexibility index (Phi) is 8.85. The standard InChI is InChI=1S/C30H29ClN6O2S/c31-26-16-23(29(39)37(14-15-38)19-20-6-2-1-3-7-20)17-33-28(26)35-36-30(40)34-27-24-9-5-4-8-21(24)10-11-22-12-13-32-18-25(22)27/h1-9,12-13,16-18,27,38H,10-11,14-15,19H2,(H,33,35)(H2,34,36,40). The summed E-state index contributed by atoms with van der Waals surface area (Å²) in [4.78, 5) is 23.4. The predicted molar refractivity (Wildman–Crippen MR) is 160 cm³/mol. The molecule has 2 aromatic carbocycles. The van der Waals surface area contributed by atoms with E-state index in [4.69, 9.17) is 23.8 Å². The molecule has 0 bridgehead atoms. The maximum atomic E-state index is 13.2. The highest BCUT2D eigenvalue weighted by atomic mass is 35.5. The van der Waals surface area contributed by atoms with E-state index in [-0.39, 0.29) is 30.1 Å². The van der Waals surface area contributed by atoms with Crippen molar-refractivity contribution in [3.8, 4) is 0 Å². The zero-order chi connectivity index (χ0) is 27.9. The summed E-state index contributed by atoms with van der Waals surface area (Å²) in [6, 6.07) is 21.4. The Hall–Kier alpha value is -4.05. The van der Waals surface area contributed by atoms with Gasteiger partial charge in [0, 0.05) is 37.2 Å². The summed E-state index contributed by atoms with van der Waals surface area (Å²) < 4.78 is 0. The summed E-state index contributed by atoms with van der Waals surface area (Å²) in [5.41, 5.74) is 11.9. The summed E-state index contributed by atoms with van der Waals surface area (Å²) in [6.45, 7) is 0.401. The third-order valence-electron chi connectivity index (χ3n) is 6.82. The lowest BCUT2D eigenvalue weighted by Gasteiger charge is -2.24. The lowest BCUT2D eigenvalue weighted by molar-refractivity contribution is 0.0707.